The van der Waals surface area contributed by atoms with Gasteiger partial charge in [-0.3, -0.25) is 4.79 Å². The van der Waals surface area contributed by atoms with E-state index in [9.17, 15) is 9.90 Å². The van der Waals surface area contributed by atoms with E-state index in [2.05, 4.69) is 15.5 Å². The Morgan fingerprint density at radius 3 is 2.12 bits per heavy atom. The molecule has 3 aromatic rings. The van der Waals surface area contributed by atoms with Crippen LogP contribution >= 0.6 is 0 Å². The first kappa shape index (κ1) is 23.0. The van der Waals surface area contributed by atoms with Crippen molar-refractivity contribution >= 4 is 17.7 Å². The number of hydrogen-bond acceptors (Lipinski definition) is 6. The number of nitrogens with one attached hydrogen (secondary N) is 1. The van der Waals surface area contributed by atoms with Crippen molar-refractivity contribution in [3.05, 3.63) is 60.0 Å². The van der Waals surface area contributed by atoms with E-state index >= 15 is 0 Å². The summed E-state index contributed by atoms with van der Waals surface area (Å²) in [4.78, 5) is 10.9. The molecule has 0 saturated heterocycles. The van der Waals surface area contributed by atoms with Crippen LogP contribution in [-0.2, 0) is 15.8 Å². The zero-order valence-electron chi connectivity index (χ0n) is 19.3. The van der Waals surface area contributed by atoms with Gasteiger partial charge < -0.3 is 19.9 Å². The number of aliphatic carboxylic acids is 1. The molecule has 1 heterocycles. The lowest BCUT2D eigenvalue weighted by Crippen LogP contribution is -2.32. The van der Waals surface area contributed by atoms with Crippen LogP contribution in [0.4, 0.5) is 11.7 Å². The molecule has 1 aliphatic rings. The largest absolute Gasteiger partial charge is 0.481 e. The fourth-order valence-electron chi connectivity index (χ4n) is 4.31. The fourth-order valence-corrected chi connectivity index (χ4v) is 4.31. The molecule has 0 amide bonds. The molecule has 7 nitrogen and oxygen atoms in total. The van der Waals surface area contributed by atoms with Gasteiger partial charge in [0.1, 0.15) is 0 Å². The van der Waals surface area contributed by atoms with Crippen molar-refractivity contribution in [1.82, 2.24) is 10.2 Å². The summed E-state index contributed by atoms with van der Waals surface area (Å²) in [6.45, 7) is 6.06. The second-order valence-corrected chi connectivity index (χ2v) is 10.0. The summed E-state index contributed by atoms with van der Waals surface area (Å²) in [5, 5.41) is 31.4. The van der Waals surface area contributed by atoms with Crippen LogP contribution in [0.1, 0.15) is 64.3 Å². The van der Waals surface area contributed by atoms with E-state index in [-0.39, 0.29) is 17.8 Å². The van der Waals surface area contributed by atoms with E-state index < -0.39 is 11.6 Å². The predicted octanol–water partition coefficient (Wildman–Crippen LogP) is 5.63. The standard InChI is InChI=1S/C26H31N3O4/c1-25(2,3)23-28-29-24(33-23)27-21-10-6-19(7-11-21)18-4-8-20(9-5-18)26(32)14-12-17(13-15-26)16-22(30)31/h4-11,17,32H,12-16H2,1-3H3,(H,27,29)(H,30,31). The van der Waals surface area contributed by atoms with Gasteiger partial charge in [0.25, 0.3) is 0 Å². The molecule has 1 aliphatic carbocycles. The third kappa shape index (κ3) is 5.42. The number of carboxylic acid groups (broad SMARTS) is 1. The van der Waals surface area contributed by atoms with Gasteiger partial charge in [0.05, 0.1) is 5.60 Å². The van der Waals surface area contributed by atoms with E-state index in [1.165, 1.54) is 0 Å². The van der Waals surface area contributed by atoms with E-state index in [1.54, 1.807) is 0 Å². The predicted molar refractivity (Wildman–Crippen MR) is 126 cm³/mol. The van der Waals surface area contributed by atoms with E-state index in [1.807, 2.05) is 69.3 Å². The molecule has 3 N–H and O–H groups in total. The maximum atomic E-state index is 11.1. The Bertz CT molecular complexity index is 1090. The van der Waals surface area contributed by atoms with Crippen molar-refractivity contribution in [3.63, 3.8) is 0 Å². The van der Waals surface area contributed by atoms with E-state index in [0.29, 0.717) is 24.7 Å². The second kappa shape index (κ2) is 8.98. The molecular weight excluding hydrogens is 418 g/mol. The number of aromatic nitrogens is 2. The van der Waals surface area contributed by atoms with Gasteiger partial charge in [-0.25, -0.2) is 0 Å². The maximum Gasteiger partial charge on any atom is 0.320 e. The molecule has 1 saturated carbocycles. The minimum absolute atomic E-state index is 0.154. The first-order valence-corrected chi connectivity index (χ1v) is 11.4. The summed E-state index contributed by atoms with van der Waals surface area (Å²) in [5.41, 5.74) is 2.79. The Balaban J connectivity index is 1.40. The van der Waals surface area contributed by atoms with Gasteiger partial charge in [0.2, 0.25) is 5.89 Å². The highest BCUT2D eigenvalue weighted by molar-refractivity contribution is 5.68. The molecule has 7 heteroatoms. The molecule has 1 fully saturated rings. The number of hydrogen-bond donors (Lipinski definition) is 3. The van der Waals surface area contributed by atoms with Crippen LogP contribution in [0.5, 0.6) is 0 Å². The van der Waals surface area contributed by atoms with E-state index in [4.69, 9.17) is 9.52 Å². The van der Waals surface area contributed by atoms with Crippen molar-refractivity contribution in [1.29, 1.82) is 0 Å². The molecule has 0 bridgehead atoms. The number of benzene rings is 2. The van der Waals surface area contributed by atoms with Crippen molar-refractivity contribution in [3.8, 4) is 11.1 Å². The zero-order chi connectivity index (χ0) is 23.6. The average molecular weight is 450 g/mol. The Labute approximate surface area is 193 Å². The minimum atomic E-state index is -0.878. The molecule has 0 unspecified atom stereocenters. The van der Waals surface area contributed by atoms with Crippen LogP contribution in [-0.4, -0.2) is 26.4 Å². The molecule has 0 radical (unpaired) electrons. The summed E-state index contributed by atoms with van der Waals surface area (Å²) in [6, 6.07) is 16.3. The first-order valence-electron chi connectivity index (χ1n) is 11.4. The van der Waals surface area contributed by atoms with Crippen LogP contribution in [0.3, 0.4) is 0 Å². The number of carboxylic acids is 1. The smallest absolute Gasteiger partial charge is 0.320 e. The third-order valence-corrected chi connectivity index (χ3v) is 6.35. The quantitative estimate of drug-likeness (QED) is 0.447. The van der Waals surface area contributed by atoms with Gasteiger partial charge in [-0.05, 0) is 60.4 Å². The number of nitrogens with zero attached hydrogens (tertiary/aromatic N) is 2. The lowest BCUT2D eigenvalue weighted by atomic mass is 9.74. The highest BCUT2D eigenvalue weighted by Gasteiger charge is 2.35. The number of carbonyl (C=O) groups is 1. The number of aliphatic hydroxyl groups is 1. The summed E-state index contributed by atoms with van der Waals surface area (Å²) < 4.78 is 5.69. The van der Waals surface area contributed by atoms with Crippen molar-refractivity contribution in [2.75, 3.05) is 5.32 Å². The highest BCUT2D eigenvalue weighted by atomic mass is 16.4. The van der Waals surface area contributed by atoms with Gasteiger partial charge in [-0.1, -0.05) is 62.3 Å². The number of anilines is 2. The van der Waals surface area contributed by atoms with Crippen molar-refractivity contribution in [2.24, 2.45) is 5.92 Å². The zero-order valence-corrected chi connectivity index (χ0v) is 19.3. The van der Waals surface area contributed by atoms with Crippen LogP contribution in [0.15, 0.2) is 52.9 Å². The third-order valence-electron chi connectivity index (χ3n) is 6.35. The fraction of sp³-hybridized carbons (Fsp3) is 0.423. The lowest BCUT2D eigenvalue weighted by Gasteiger charge is -2.36. The molecule has 2 aromatic carbocycles. The summed E-state index contributed by atoms with van der Waals surface area (Å²) in [5.74, 6) is -0.0251. The molecule has 174 valence electrons. The second-order valence-electron chi connectivity index (χ2n) is 10.0. The minimum Gasteiger partial charge on any atom is -0.481 e. The Kier molecular flexibility index (Phi) is 6.26. The summed E-state index contributed by atoms with van der Waals surface area (Å²) in [7, 11) is 0. The SMILES string of the molecule is CC(C)(C)c1nnc(Nc2ccc(-c3ccc(C4(O)CCC(CC(=O)O)CC4)cc3)cc2)o1. The summed E-state index contributed by atoms with van der Waals surface area (Å²) >= 11 is 0. The van der Waals surface area contributed by atoms with Gasteiger partial charge in [0.15, 0.2) is 0 Å². The topological polar surface area (TPSA) is 108 Å². The van der Waals surface area contributed by atoms with Gasteiger partial charge >= 0.3 is 12.0 Å². The molecule has 0 aliphatic heterocycles. The van der Waals surface area contributed by atoms with Crippen LogP contribution in [0, 0.1) is 5.92 Å². The van der Waals surface area contributed by atoms with Crippen molar-refractivity contribution in [2.45, 2.75) is 63.9 Å². The first-order chi connectivity index (χ1) is 15.6. The molecule has 0 spiro atoms. The normalized spacial score (nSPS) is 21.0. The van der Waals surface area contributed by atoms with Gasteiger partial charge in [0, 0.05) is 17.5 Å². The highest BCUT2D eigenvalue weighted by Crippen LogP contribution is 2.41. The van der Waals surface area contributed by atoms with Gasteiger partial charge in [-0.15, -0.1) is 5.10 Å². The lowest BCUT2D eigenvalue weighted by molar-refractivity contribution is -0.139. The molecule has 1 aromatic heterocycles. The average Bonchev–Trinajstić information content (AvgIpc) is 3.25. The maximum absolute atomic E-state index is 11.1. The molecule has 0 atom stereocenters. The Morgan fingerprint density at radius 1 is 1.03 bits per heavy atom. The van der Waals surface area contributed by atoms with Crippen LogP contribution in [0.25, 0.3) is 11.1 Å². The number of rotatable bonds is 6. The Hall–Kier alpha value is -3.19. The molecular formula is C26H31N3O4. The van der Waals surface area contributed by atoms with Crippen LogP contribution < -0.4 is 5.32 Å². The van der Waals surface area contributed by atoms with Crippen molar-refractivity contribution < 1.29 is 19.4 Å². The van der Waals surface area contributed by atoms with Crippen LogP contribution in [0.2, 0.25) is 0 Å². The monoisotopic (exact) mass is 449 g/mol. The molecule has 33 heavy (non-hydrogen) atoms. The molecule has 4 rings (SSSR count). The summed E-state index contributed by atoms with van der Waals surface area (Å²) in [6.07, 6.45) is 2.84. The van der Waals surface area contributed by atoms with Gasteiger partial charge in [-0.2, -0.15) is 0 Å². The van der Waals surface area contributed by atoms with E-state index in [0.717, 1.165) is 35.2 Å². The Morgan fingerprint density at radius 2 is 1.61 bits per heavy atom.